The van der Waals surface area contributed by atoms with Gasteiger partial charge in [0.15, 0.2) is 0 Å². The summed E-state index contributed by atoms with van der Waals surface area (Å²) >= 11 is 0. The second-order valence-corrected chi connectivity index (χ2v) is 3.96. The fourth-order valence-corrected chi connectivity index (χ4v) is 1.54. The van der Waals surface area contributed by atoms with E-state index in [1.54, 1.807) is 0 Å². The van der Waals surface area contributed by atoms with E-state index in [-0.39, 0.29) is 17.2 Å². The third-order valence-corrected chi connectivity index (χ3v) is 2.48. The van der Waals surface area contributed by atoms with Crippen molar-refractivity contribution in [2.45, 2.75) is 6.18 Å². The van der Waals surface area contributed by atoms with Crippen molar-refractivity contribution in [3.05, 3.63) is 29.3 Å². The lowest BCUT2D eigenvalue weighted by Crippen LogP contribution is -2.19. The number of rotatable bonds is 3. The predicted octanol–water partition coefficient (Wildman–Crippen LogP) is 0.767. The van der Waals surface area contributed by atoms with Gasteiger partial charge in [0, 0.05) is 0 Å². The van der Waals surface area contributed by atoms with Gasteiger partial charge in [-0.2, -0.15) is 18.0 Å². The summed E-state index contributed by atoms with van der Waals surface area (Å²) in [5.41, 5.74) is 0.923. The maximum Gasteiger partial charge on any atom is 0.416 e. The van der Waals surface area contributed by atoms with Crippen LogP contribution in [-0.2, 0) is 13.2 Å². The van der Waals surface area contributed by atoms with Crippen LogP contribution in [0.3, 0.4) is 0 Å². The zero-order valence-corrected chi connectivity index (χ0v) is 10.6. The number of aryl methyl sites for hydroxylation is 1. The van der Waals surface area contributed by atoms with Gasteiger partial charge in [-0.25, -0.2) is 0 Å². The van der Waals surface area contributed by atoms with E-state index in [1.165, 1.54) is 7.05 Å². The number of hydrazine groups is 1. The molecule has 0 saturated carbocycles. The van der Waals surface area contributed by atoms with Gasteiger partial charge in [-0.1, -0.05) is 5.10 Å². The number of halogens is 3. The molecular formula is C10H10F3N7O. The Balaban J connectivity index is 2.34. The number of carbonyl (C=O) groups excluding carboxylic acids is 1. The van der Waals surface area contributed by atoms with Crippen molar-refractivity contribution in [3.63, 3.8) is 0 Å². The molecule has 1 aromatic carbocycles. The Labute approximate surface area is 116 Å². The molecule has 0 atom stereocenters. The van der Waals surface area contributed by atoms with Gasteiger partial charge < -0.3 is 5.43 Å². The first-order chi connectivity index (χ1) is 9.81. The van der Waals surface area contributed by atoms with Gasteiger partial charge in [0.2, 0.25) is 0 Å². The van der Waals surface area contributed by atoms with E-state index in [1.807, 2.05) is 0 Å². The number of carbonyl (C=O) groups is 1. The number of hydrogen-bond acceptors (Lipinski definition) is 6. The molecule has 4 N–H and O–H groups in total. The van der Waals surface area contributed by atoms with Crippen molar-refractivity contribution in [1.29, 1.82) is 0 Å². The summed E-state index contributed by atoms with van der Waals surface area (Å²) < 4.78 is 38.0. The molecule has 0 saturated heterocycles. The first-order valence-electron chi connectivity index (χ1n) is 5.54. The van der Waals surface area contributed by atoms with E-state index in [2.05, 4.69) is 26.2 Å². The summed E-state index contributed by atoms with van der Waals surface area (Å²) in [6.45, 7) is 0. The average molecular weight is 301 g/mol. The van der Waals surface area contributed by atoms with Crippen LogP contribution < -0.4 is 16.6 Å². The predicted molar refractivity (Wildman–Crippen MR) is 66.0 cm³/mol. The largest absolute Gasteiger partial charge is 0.416 e. The molecule has 8 nitrogen and oxygen atoms in total. The van der Waals surface area contributed by atoms with Crippen LogP contribution in [0.15, 0.2) is 18.2 Å². The van der Waals surface area contributed by atoms with Crippen molar-refractivity contribution in [1.82, 2.24) is 20.2 Å². The lowest BCUT2D eigenvalue weighted by molar-refractivity contribution is -0.137. The third-order valence-electron chi connectivity index (χ3n) is 2.48. The van der Waals surface area contributed by atoms with Gasteiger partial charge in [0.05, 0.1) is 23.9 Å². The number of nitrogens with one attached hydrogen (secondary N) is 2. The monoisotopic (exact) mass is 301 g/mol. The summed E-state index contributed by atoms with van der Waals surface area (Å²) in [5.74, 6) is 4.20. The Morgan fingerprint density at radius 3 is 2.62 bits per heavy atom. The van der Waals surface area contributed by atoms with Gasteiger partial charge in [0.25, 0.3) is 11.9 Å². The molecule has 0 bridgehead atoms. The number of nitrogens with zero attached hydrogens (tertiary/aromatic N) is 4. The third kappa shape index (κ3) is 3.25. The lowest BCUT2D eigenvalue weighted by atomic mass is 10.1. The number of nitrogens with two attached hydrogens (primary N) is 1. The molecule has 2 aromatic rings. The maximum absolute atomic E-state index is 12.7. The van der Waals surface area contributed by atoms with Crippen LogP contribution in [0, 0.1) is 0 Å². The van der Waals surface area contributed by atoms with E-state index < -0.39 is 17.6 Å². The molecule has 0 spiro atoms. The standard InChI is InChI=1S/C10H10F3N7O/c1-20-18-9(17-19-20)15-8(21)6-4-5(10(11,12)13)2-3-7(6)16-14/h2-4,16H,14H2,1H3,(H,15,18,21). The summed E-state index contributed by atoms with van der Waals surface area (Å²) in [6.07, 6.45) is -4.58. The van der Waals surface area contributed by atoms with Crippen molar-refractivity contribution in [2.24, 2.45) is 12.9 Å². The molecule has 0 fully saturated rings. The van der Waals surface area contributed by atoms with E-state index >= 15 is 0 Å². The van der Waals surface area contributed by atoms with Gasteiger partial charge in [-0.3, -0.25) is 16.0 Å². The summed E-state index contributed by atoms with van der Waals surface area (Å²) in [5, 5.41) is 12.9. The maximum atomic E-state index is 12.7. The lowest BCUT2D eigenvalue weighted by Gasteiger charge is -2.12. The molecular weight excluding hydrogens is 291 g/mol. The molecule has 21 heavy (non-hydrogen) atoms. The highest BCUT2D eigenvalue weighted by atomic mass is 19.4. The number of benzene rings is 1. The molecule has 0 aliphatic carbocycles. The Bertz CT molecular complexity index is 667. The summed E-state index contributed by atoms with van der Waals surface area (Å²) in [7, 11) is 1.47. The molecule has 0 unspecified atom stereocenters. The van der Waals surface area contributed by atoms with Crippen LogP contribution in [-0.4, -0.2) is 26.1 Å². The number of aromatic nitrogens is 4. The average Bonchev–Trinajstić information content (AvgIpc) is 2.82. The number of amides is 1. The topological polar surface area (TPSA) is 111 Å². The fourth-order valence-electron chi connectivity index (χ4n) is 1.54. The number of alkyl halides is 3. The molecule has 0 radical (unpaired) electrons. The van der Waals surface area contributed by atoms with Crippen LogP contribution in [0.25, 0.3) is 0 Å². The van der Waals surface area contributed by atoms with E-state index in [4.69, 9.17) is 5.84 Å². The van der Waals surface area contributed by atoms with Crippen LogP contribution >= 0.6 is 0 Å². The Hall–Kier alpha value is -2.69. The summed E-state index contributed by atoms with van der Waals surface area (Å²) in [6, 6.07) is 2.55. The number of nitrogen functional groups attached to an aromatic ring is 1. The highest BCUT2D eigenvalue weighted by molar-refractivity contribution is 6.07. The first kappa shape index (κ1) is 14.7. The van der Waals surface area contributed by atoms with Crippen molar-refractivity contribution < 1.29 is 18.0 Å². The Kier molecular flexibility index (Phi) is 3.76. The first-order valence-corrected chi connectivity index (χ1v) is 5.54. The zero-order chi connectivity index (χ0) is 15.6. The van der Waals surface area contributed by atoms with E-state index in [0.717, 1.165) is 16.9 Å². The molecule has 2 rings (SSSR count). The Morgan fingerprint density at radius 1 is 1.38 bits per heavy atom. The van der Waals surface area contributed by atoms with Gasteiger partial charge in [-0.15, -0.1) is 5.10 Å². The SMILES string of the molecule is Cn1nnc(NC(=O)c2cc(C(F)(F)F)ccc2NN)n1. The number of tetrazole rings is 1. The van der Waals surface area contributed by atoms with Crippen LogP contribution in [0.4, 0.5) is 24.8 Å². The molecule has 1 aromatic heterocycles. The highest BCUT2D eigenvalue weighted by Gasteiger charge is 2.31. The quantitative estimate of drug-likeness (QED) is 0.570. The molecule has 11 heteroatoms. The van der Waals surface area contributed by atoms with E-state index in [9.17, 15) is 18.0 Å². The molecule has 112 valence electrons. The Morgan fingerprint density at radius 2 is 2.10 bits per heavy atom. The van der Waals surface area contributed by atoms with E-state index in [0.29, 0.717) is 6.07 Å². The highest BCUT2D eigenvalue weighted by Crippen LogP contribution is 2.31. The van der Waals surface area contributed by atoms with Crippen molar-refractivity contribution >= 4 is 17.5 Å². The molecule has 1 heterocycles. The number of hydrogen-bond donors (Lipinski definition) is 3. The van der Waals surface area contributed by atoms with Crippen molar-refractivity contribution in [3.8, 4) is 0 Å². The van der Waals surface area contributed by atoms with Crippen molar-refractivity contribution in [2.75, 3.05) is 10.7 Å². The molecule has 1 amide bonds. The number of anilines is 2. The van der Waals surface area contributed by atoms with Gasteiger partial charge in [-0.05, 0) is 23.4 Å². The zero-order valence-electron chi connectivity index (χ0n) is 10.6. The molecule has 0 aliphatic rings. The van der Waals surface area contributed by atoms with Crippen LogP contribution in [0.2, 0.25) is 0 Å². The van der Waals surface area contributed by atoms with Gasteiger partial charge >= 0.3 is 6.18 Å². The minimum atomic E-state index is -4.58. The normalized spacial score (nSPS) is 11.3. The fraction of sp³-hybridized carbons (Fsp3) is 0.200. The minimum Gasteiger partial charge on any atom is -0.323 e. The van der Waals surface area contributed by atoms with Gasteiger partial charge in [0.1, 0.15) is 0 Å². The molecule has 0 aliphatic heterocycles. The second kappa shape index (κ2) is 5.36. The van der Waals surface area contributed by atoms with Crippen LogP contribution in [0.1, 0.15) is 15.9 Å². The van der Waals surface area contributed by atoms with Crippen LogP contribution in [0.5, 0.6) is 0 Å². The minimum absolute atomic E-state index is 0.0318. The summed E-state index contributed by atoms with van der Waals surface area (Å²) in [4.78, 5) is 13.1. The smallest absolute Gasteiger partial charge is 0.323 e. The second-order valence-electron chi connectivity index (χ2n) is 3.96.